The van der Waals surface area contributed by atoms with Gasteiger partial charge in [-0.2, -0.15) is 0 Å². The average molecular weight is 424 g/mol. The van der Waals surface area contributed by atoms with Crippen molar-refractivity contribution in [1.82, 2.24) is 15.5 Å². The van der Waals surface area contributed by atoms with Crippen molar-refractivity contribution in [3.05, 3.63) is 71.3 Å². The Hall–Kier alpha value is -3.35. The summed E-state index contributed by atoms with van der Waals surface area (Å²) in [5.41, 5.74) is 1.86. The lowest BCUT2D eigenvalue weighted by atomic mass is 10.1. The number of rotatable bonds is 7. The molecule has 1 heterocycles. The van der Waals surface area contributed by atoms with Gasteiger partial charge in [0.1, 0.15) is 0 Å². The van der Waals surface area contributed by atoms with Crippen LogP contribution in [0, 0.1) is 0 Å². The quantitative estimate of drug-likeness (QED) is 0.668. The summed E-state index contributed by atoms with van der Waals surface area (Å²) in [7, 11) is 0. The van der Waals surface area contributed by atoms with Crippen LogP contribution in [0.5, 0.6) is 0 Å². The summed E-state index contributed by atoms with van der Waals surface area (Å²) in [6.45, 7) is 5.49. The predicted octanol–water partition coefficient (Wildman–Crippen LogP) is 3.41. The summed E-state index contributed by atoms with van der Waals surface area (Å²) >= 11 is 0. The molecule has 2 aromatic rings. The van der Waals surface area contributed by atoms with E-state index >= 15 is 0 Å². The van der Waals surface area contributed by atoms with E-state index in [0.717, 1.165) is 18.4 Å². The van der Waals surface area contributed by atoms with Gasteiger partial charge in [-0.25, -0.2) is 9.59 Å². The first-order valence-electron chi connectivity index (χ1n) is 10.6. The summed E-state index contributed by atoms with van der Waals surface area (Å²) in [5.74, 6) is -0.743. The molecule has 1 aliphatic heterocycles. The number of urea groups is 1. The van der Waals surface area contributed by atoms with E-state index in [1.807, 2.05) is 32.0 Å². The molecule has 7 heteroatoms. The van der Waals surface area contributed by atoms with E-state index in [9.17, 15) is 14.4 Å². The van der Waals surface area contributed by atoms with Crippen molar-refractivity contribution < 1.29 is 19.1 Å². The van der Waals surface area contributed by atoms with Crippen LogP contribution >= 0.6 is 0 Å². The minimum Gasteiger partial charge on any atom is -0.444 e. The minimum atomic E-state index is -0.965. The molecule has 0 aliphatic carbocycles. The number of esters is 1. The molecule has 1 atom stereocenters. The Bertz CT molecular complexity index is 891. The van der Waals surface area contributed by atoms with E-state index < -0.39 is 12.1 Å². The fraction of sp³-hybridized carbons (Fsp3) is 0.375. The van der Waals surface area contributed by atoms with Gasteiger partial charge in [-0.15, -0.1) is 0 Å². The van der Waals surface area contributed by atoms with Crippen LogP contribution in [-0.2, 0) is 16.1 Å². The molecule has 0 spiro atoms. The lowest BCUT2D eigenvalue weighted by molar-refractivity contribution is -0.140. The monoisotopic (exact) mass is 423 g/mol. The van der Waals surface area contributed by atoms with Gasteiger partial charge in [0.05, 0.1) is 5.56 Å². The third-order valence-corrected chi connectivity index (χ3v) is 5.03. The minimum absolute atomic E-state index is 0.0537. The number of likely N-dealkylation sites (tertiary alicyclic amines) is 1. The van der Waals surface area contributed by atoms with Crippen LogP contribution in [0.4, 0.5) is 4.79 Å². The fourth-order valence-electron chi connectivity index (χ4n) is 3.42. The van der Waals surface area contributed by atoms with Gasteiger partial charge in [-0.1, -0.05) is 42.5 Å². The first kappa shape index (κ1) is 22.3. The number of amides is 3. The van der Waals surface area contributed by atoms with Crippen LogP contribution in [0.15, 0.2) is 54.6 Å². The summed E-state index contributed by atoms with van der Waals surface area (Å²) in [5, 5.41) is 5.52. The van der Waals surface area contributed by atoms with Gasteiger partial charge in [0.2, 0.25) is 6.10 Å². The van der Waals surface area contributed by atoms with Gasteiger partial charge in [0.25, 0.3) is 5.91 Å². The summed E-state index contributed by atoms with van der Waals surface area (Å²) in [4.78, 5) is 39.2. The Labute approximate surface area is 182 Å². The molecular weight excluding hydrogens is 394 g/mol. The van der Waals surface area contributed by atoms with E-state index in [0.29, 0.717) is 30.8 Å². The summed E-state index contributed by atoms with van der Waals surface area (Å²) in [6.07, 6.45) is 0.963. The van der Waals surface area contributed by atoms with Crippen molar-refractivity contribution >= 4 is 17.9 Å². The number of hydrogen-bond donors (Lipinski definition) is 2. The highest BCUT2D eigenvalue weighted by Gasteiger charge is 2.31. The topological polar surface area (TPSA) is 87.7 Å². The van der Waals surface area contributed by atoms with E-state index in [-0.39, 0.29) is 18.0 Å². The van der Waals surface area contributed by atoms with Crippen molar-refractivity contribution in [2.45, 2.75) is 45.4 Å². The van der Waals surface area contributed by atoms with Crippen LogP contribution in [-0.4, -0.2) is 41.9 Å². The smallest absolute Gasteiger partial charge is 0.339 e. The van der Waals surface area contributed by atoms with E-state index in [1.54, 1.807) is 41.3 Å². The zero-order valence-electron chi connectivity index (χ0n) is 18.0. The molecule has 0 radical (unpaired) electrons. The SMILES string of the molecule is CC(C)NC(=O)NCc1ccc(C(=O)O[C@H](C(=O)N2CCCC2)c2ccccc2)cc1. The van der Waals surface area contributed by atoms with Crippen molar-refractivity contribution in [2.75, 3.05) is 13.1 Å². The second-order valence-electron chi connectivity index (χ2n) is 7.91. The Morgan fingerprint density at radius 3 is 2.23 bits per heavy atom. The highest BCUT2D eigenvalue weighted by Crippen LogP contribution is 2.24. The first-order chi connectivity index (χ1) is 14.9. The van der Waals surface area contributed by atoms with Crippen molar-refractivity contribution in [2.24, 2.45) is 0 Å². The highest BCUT2D eigenvalue weighted by molar-refractivity contribution is 5.92. The molecular formula is C24H29N3O4. The van der Waals surface area contributed by atoms with E-state index in [1.165, 1.54) is 0 Å². The predicted molar refractivity (Wildman–Crippen MR) is 117 cm³/mol. The van der Waals surface area contributed by atoms with Crippen LogP contribution in [0.25, 0.3) is 0 Å². The first-order valence-corrected chi connectivity index (χ1v) is 10.6. The number of carbonyl (C=O) groups excluding carboxylic acids is 3. The fourth-order valence-corrected chi connectivity index (χ4v) is 3.42. The molecule has 164 valence electrons. The lowest BCUT2D eigenvalue weighted by Gasteiger charge is -2.23. The molecule has 1 fully saturated rings. The number of nitrogens with one attached hydrogen (secondary N) is 2. The maximum absolute atomic E-state index is 13.0. The van der Waals surface area contributed by atoms with Gasteiger partial charge >= 0.3 is 12.0 Å². The van der Waals surface area contributed by atoms with Gasteiger partial charge in [-0.3, -0.25) is 4.79 Å². The number of benzene rings is 2. The molecule has 0 aromatic heterocycles. The second kappa shape index (κ2) is 10.6. The zero-order valence-corrected chi connectivity index (χ0v) is 18.0. The normalized spacial score (nSPS) is 14.2. The third kappa shape index (κ3) is 6.31. The Kier molecular flexibility index (Phi) is 7.65. The highest BCUT2D eigenvalue weighted by atomic mass is 16.5. The standard InChI is InChI=1S/C24H29N3O4/c1-17(2)26-24(30)25-16-18-10-12-20(13-11-18)23(29)31-21(19-8-4-3-5-9-19)22(28)27-14-6-7-15-27/h3-5,8-13,17,21H,6-7,14-16H2,1-2H3,(H2,25,26,30)/t21-/m0/s1. The van der Waals surface area contributed by atoms with Gasteiger partial charge in [-0.05, 0) is 44.4 Å². The lowest BCUT2D eigenvalue weighted by Crippen LogP contribution is -2.39. The summed E-state index contributed by atoms with van der Waals surface area (Å²) in [6, 6.07) is 15.7. The molecule has 31 heavy (non-hydrogen) atoms. The maximum atomic E-state index is 13.0. The Morgan fingerprint density at radius 1 is 0.968 bits per heavy atom. The molecule has 3 rings (SSSR count). The molecule has 0 saturated carbocycles. The zero-order chi connectivity index (χ0) is 22.2. The number of carbonyl (C=O) groups is 3. The van der Waals surface area contributed by atoms with Crippen molar-refractivity contribution in [1.29, 1.82) is 0 Å². The molecule has 1 saturated heterocycles. The van der Waals surface area contributed by atoms with Crippen molar-refractivity contribution in [3.8, 4) is 0 Å². The molecule has 3 amide bonds. The van der Waals surface area contributed by atoms with Crippen LogP contribution < -0.4 is 10.6 Å². The van der Waals surface area contributed by atoms with Gasteiger partial charge < -0.3 is 20.3 Å². The van der Waals surface area contributed by atoms with E-state index in [4.69, 9.17) is 4.74 Å². The second-order valence-corrected chi connectivity index (χ2v) is 7.91. The van der Waals surface area contributed by atoms with Gasteiger partial charge in [0, 0.05) is 31.2 Å². The largest absolute Gasteiger partial charge is 0.444 e. The Morgan fingerprint density at radius 2 is 1.61 bits per heavy atom. The van der Waals surface area contributed by atoms with Crippen LogP contribution in [0.2, 0.25) is 0 Å². The number of nitrogens with zero attached hydrogens (tertiary/aromatic N) is 1. The average Bonchev–Trinajstić information content (AvgIpc) is 3.31. The molecule has 0 bridgehead atoms. The van der Waals surface area contributed by atoms with Crippen LogP contribution in [0.3, 0.4) is 0 Å². The molecule has 2 N–H and O–H groups in total. The number of hydrogen-bond acceptors (Lipinski definition) is 4. The molecule has 2 aromatic carbocycles. The molecule has 7 nitrogen and oxygen atoms in total. The molecule has 1 aliphatic rings. The third-order valence-electron chi connectivity index (χ3n) is 5.03. The van der Waals surface area contributed by atoms with Crippen molar-refractivity contribution in [3.63, 3.8) is 0 Å². The number of ether oxygens (including phenoxy) is 1. The maximum Gasteiger partial charge on any atom is 0.339 e. The van der Waals surface area contributed by atoms with E-state index in [2.05, 4.69) is 10.6 Å². The molecule has 0 unspecified atom stereocenters. The van der Waals surface area contributed by atoms with Gasteiger partial charge in [0.15, 0.2) is 0 Å². The summed E-state index contributed by atoms with van der Waals surface area (Å²) < 4.78 is 5.67. The Balaban J connectivity index is 1.65. The van der Waals surface area contributed by atoms with Crippen LogP contribution in [0.1, 0.15) is 54.3 Å².